The van der Waals surface area contributed by atoms with Crippen LogP contribution in [-0.2, 0) is 23.4 Å². The van der Waals surface area contributed by atoms with Crippen LogP contribution in [0.3, 0.4) is 0 Å². The highest BCUT2D eigenvalue weighted by Crippen LogP contribution is 2.51. The average Bonchev–Trinajstić information content (AvgIpc) is 3.11. The summed E-state index contributed by atoms with van der Waals surface area (Å²) in [6, 6.07) is 12.4. The van der Waals surface area contributed by atoms with Gasteiger partial charge >= 0.3 is 19.4 Å². The van der Waals surface area contributed by atoms with Crippen LogP contribution in [0.1, 0.15) is 27.0 Å². The third kappa shape index (κ3) is 6.68. The Labute approximate surface area is 242 Å². The van der Waals surface area contributed by atoms with Crippen molar-refractivity contribution in [2.45, 2.75) is 55.1 Å². The van der Waals surface area contributed by atoms with Crippen LogP contribution < -0.4 is 20.9 Å². The number of H-pyrrole nitrogens is 1. The number of hydrogen-bond acceptors (Lipinski definition) is 9. The highest BCUT2D eigenvalue weighted by atomic mass is 79.9. The molecule has 0 unspecified atom stereocenters. The standard InChI is InChI=1S/C25H28BrClN3O9P/c1-14(2)37-22(33)15(3)29-40(35,39-18-10-6-8-16-7-4-5-9-17(16)18)36-13-19-21(32)25(26,27)23(38-19)30-12-11-20(31)28-24(30)34/h4-12,14-15,19,21,23,32H,13H2,1-3H3,(H,29,35)(H,28,31,34)/t15-,19+,21+,23+,25-,40-/m0/s1. The molecule has 1 aliphatic heterocycles. The Morgan fingerprint density at radius 1 is 1.23 bits per heavy atom. The predicted octanol–water partition coefficient (Wildman–Crippen LogP) is 3.41. The molecular weight excluding hydrogens is 633 g/mol. The zero-order valence-corrected chi connectivity index (χ0v) is 24.9. The second-order valence-electron chi connectivity index (χ2n) is 9.36. The van der Waals surface area contributed by atoms with Gasteiger partial charge < -0.3 is 19.1 Å². The molecule has 4 rings (SSSR count). The van der Waals surface area contributed by atoms with Crippen LogP contribution in [0.2, 0.25) is 0 Å². The van der Waals surface area contributed by atoms with Crippen molar-refractivity contribution in [2.75, 3.05) is 6.61 Å². The van der Waals surface area contributed by atoms with Gasteiger partial charge in [-0.1, -0.05) is 63.9 Å². The number of hydrogen-bond donors (Lipinski definition) is 3. The number of ether oxygens (including phenoxy) is 2. The van der Waals surface area contributed by atoms with Crippen molar-refractivity contribution in [2.24, 2.45) is 0 Å². The molecule has 0 amide bonds. The summed E-state index contributed by atoms with van der Waals surface area (Å²) in [5, 5.41) is 14.9. The van der Waals surface area contributed by atoms with Gasteiger partial charge in [0.15, 0.2) is 10.0 Å². The number of rotatable bonds is 10. The van der Waals surface area contributed by atoms with E-state index in [9.17, 15) is 24.1 Å². The van der Waals surface area contributed by atoms with Crippen LogP contribution in [0.25, 0.3) is 10.8 Å². The van der Waals surface area contributed by atoms with Gasteiger partial charge in [-0.05, 0) is 32.2 Å². The van der Waals surface area contributed by atoms with Gasteiger partial charge in [-0.2, -0.15) is 5.09 Å². The molecule has 0 bridgehead atoms. The number of aromatic amines is 1. The van der Waals surface area contributed by atoms with Crippen molar-refractivity contribution < 1.29 is 33.0 Å². The maximum atomic E-state index is 14.1. The quantitative estimate of drug-likeness (QED) is 0.167. The van der Waals surface area contributed by atoms with Crippen LogP contribution in [-0.4, -0.2) is 55.4 Å². The summed E-state index contributed by atoms with van der Waals surface area (Å²) in [6.07, 6.45) is -3.23. The lowest BCUT2D eigenvalue weighted by molar-refractivity contribution is -0.149. The van der Waals surface area contributed by atoms with Gasteiger partial charge in [-0.25, -0.2) is 9.36 Å². The molecule has 1 aromatic heterocycles. The molecule has 6 atom stereocenters. The smallest absolute Gasteiger partial charge is 0.459 e. The average molecular weight is 661 g/mol. The largest absolute Gasteiger partial charge is 0.462 e. The molecule has 1 saturated heterocycles. The third-order valence-electron chi connectivity index (χ3n) is 5.92. The SMILES string of the molecule is CC(C)OC(=O)[C@H](C)N[P@](=O)(OC[C@H]1O[C@@H](n2ccc(=O)[nH]c2=O)[C@](Cl)(Br)[C@@H]1O)Oc1cccc2ccccc12. The van der Waals surface area contributed by atoms with E-state index in [1.807, 2.05) is 18.2 Å². The Hall–Kier alpha value is -2.51. The molecule has 216 valence electrons. The lowest BCUT2D eigenvalue weighted by Gasteiger charge is -2.25. The molecule has 15 heteroatoms. The van der Waals surface area contributed by atoms with E-state index in [1.165, 1.54) is 6.92 Å². The Kier molecular flexibility index (Phi) is 9.25. The number of alkyl halides is 2. The molecule has 3 aromatic rings. The summed E-state index contributed by atoms with van der Waals surface area (Å²) < 4.78 is 35.9. The summed E-state index contributed by atoms with van der Waals surface area (Å²) in [5.41, 5.74) is -1.45. The summed E-state index contributed by atoms with van der Waals surface area (Å²) >= 11 is 9.70. The number of fused-ring (bicyclic) bond motifs is 1. The maximum Gasteiger partial charge on any atom is 0.459 e. The van der Waals surface area contributed by atoms with E-state index in [4.69, 9.17) is 30.1 Å². The minimum Gasteiger partial charge on any atom is -0.462 e. The summed E-state index contributed by atoms with van der Waals surface area (Å²) in [7, 11) is -4.34. The highest BCUT2D eigenvalue weighted by molar-refractivity contribution is 9.10. The third-order valence-corrected chi connectivity index (χ3v) is 8.82. The first-order valence-corrected chi connectivity index (χ1v) is 14.9. The number of aromatic nitrogens is 2. The Bertz CT molecular complexity index is 1540. The second kappa shape index (κ2) is 12.2. The number of nitrogens with zero attached hydrogens (tertiary/aromatic N) is 1. The van der Waals surface area contributed by atoms with E-state index in [1.54, 1.807) is 38.1 Å². The van der Waals surface area contributed by atoms with Crippen molar-refractivity contribution in [1.29, 1.82) is 0 Å². The minimum absolute atomic E-state index is 0.219. The molecule has 2 heterocycles. The molecule has 12 nitrogen and oxygen atoms in total. The summed E-state index contributed by atoms with van der Waals surface area (Å²) in [4.78, 5) is 38.4. The Morgan fingerprint density at radius 3 is 2.62 bits per heavy atom. The first kappa shape index (κ1) is 30.4. The molecule has 1 fully saturated rings. The van der Waals surface area contributed by atoms with E-state index in [-0.39, 0.29) is 5.75 Å². The molecule has 0 radical (unpaired) electrons. The number of aliphatic hydroxyl groups is 1. The van der Waals surface area contributed by atoms with Crippen LogP contribution in [0.15, 0.2) is 64.3 Å². The van der Waals surface area contributed by atoms with Gasteiger partial charge in [0.25, 0.3) is 5.56 Å². The number of esters is 1. The van der Waals surface area contributed by atoms with E-state index in [0.29, 0.717) is 5.39 Å². The van der Waals surface area contributed by atoms with E-state index in [0.717, 1.165) is 22.2 Å². The van der Waals surface area contributed by atoms with Crippen LogP contribution in [0.4, 0.5) is 0 Å². The van der Waals surface area contributed by atoms with Gasteiger partial charge in [0, 0.05) is 17.6 Å². The Balaban J connectivity index is 1.60. The number of carbonyl (C=O) groups is 1. The molecule has 40 heavy (non-hydrogen) atoms. The fraction of sp³-hybridized carbons (Fsp3) is 0.400. The monoisotopic (exact) mass is 659 g/mol. The minimum atomic E-state index is -4.34. The van der Waals surface area contributed by atoms with Crippen molar-refractivity contribution in [3.05, 3.63) is 75.6 Å². The molecule has 0 spiro atoms. The van der Waals surface area contributed by atoms with Crippen molar-refractivity contribution in [3.63, 3.8) is 0 Å². The van der Waals surface area contributed by atoms with E-state index < -0.39 is 65.9 Å². The van der Waals surface area contributed by atoms with Gasteiger partial charge in [0.05, 0.1) is 12.7 Å². The second-order valence-corrected chi connectivity index (χ2v) is 13.4. The molecule has 0 saturated carbocycles. The van der Waals surface area contributed by atoms with Crippen molar-refractivity contribution in [1.82, 2.24) is 14.6 Å². The lowest BCUT2D eigenvalue weighted by Crippen LogP contribution is -2.41. The maximum absolute atomic E-state index is 14.1. The van der Waals surface area contributed by atoms with Crippen LogP contribution in [0, 0.1) is 0 Å². The molecule has 1 aliphatic rings. The summed E-state index contributed by atoms with van der Waals surface area (Å²) in [5.74, 6) is -0.466. The number of halogens is 2. The van der Waals surface area contributed by atoms with Gasteiger partial charge in [0.2, 0.25) is 0 Å². The van der Waals surface area contributed by atoms with Gasteiger partial charge in [0.1, 0.15) is 24.0 Å². The van der Waals surface area contributed by atoms with E-state index >= 15 is 0 Å². The lowest BCUT2D eigenvalue weighted by atomic mass is 10.1. The molecule has 0 aliphatic carbocycles. The van der Waals surface area contributed by atoms with Gasteiger partial charge in [-0.15, -0.1) is 0 Å². The zero-order valence-electron chi connectivity index (χ0n) is 21.7. The Morgan fingerprint density at radius 2 is 1.93 bits per heavy atom. The first-order valence-electron chi connectivity index (χ1n) is 12.2. The first-order chi connectivity index (χ1) is 18.8. The van der Waals surface area contributed by atoms with Crippen molar-refractivity contribution >= 4 is 52.0 Å². The zero-order chi connectivity index (χ0) is 29.2. The highest BCUT2D eigenvalue weighted by Gasteiger charge is 2.55. The number of nitrogens with one attached hydrogen (secondary N) is 2. The molecular formula is C25H28BrClN3O9P. The topological polar surface area (TPSA) is 158 Å². The van der Waals surface area contributed by atoms with Crippen molar-refractivity contribution in [3.8, 4) is 5.75 Å². The van der Waals surface area contributed by atoms with Crippen LogP contribution >= 0.6 is 35.3 Å². The van der Waals surface area contributed by atoms with Crippen LogP contribution in [0.5, 0.6) is 5.75 Å². The number of benzene rings is 2. The molecule has 2 aromatic carbocycles. The fourth-order valence-electron chi connectivity index (χ4n) is 4.01. The molecule has 3 N–H and O–H groups in total. The fourth-order valence-corrected chi connectivity index (χ4v) is 6.45. The van der Waals surface area contributed by atoms with Gasteiger partial charge in [-0.3, -0.25) is 23.7 Å². The summed E-state index contributed by atoms with van der Waals surface area (Å²) in [6.45, 7) is 4.26. The normalized spacial score (nSPS) is 25.0. The number of carbonyl (C=O) groups excluding carboxylic acids is 1. The van der Waals surface area contributed by atoms with E-state index in [2.05, 4.69) is 26.0 Å². The number of aliphatic hydroxyl groups excluding tert-OH is 1. The predicted molar refractivity (Wildman–Crippen MR) is 151 cm³/mol.